The van der Waals surface area contributed by atoms with Crippen molar-refractivity contribution in [3.63, 3.8) is 0 Å². The molecule has 0 bridgehead atoms. The molecule has 0 aliphatic heterocycles. The maximum atomic E-state index is 8.37. The van der Waals surface area contributed by atoms with Crippen LogP contribution in [-0.2, 0) is 0 Å². The van der Waals surface area contributed by atoms with Gasteiger partial charge in [0.1, 0.15) is 0 Å². The molecule has 0 unspecified atom stereocenters. The minimum absolute atomic E-state index is 0.504. The van der Waals surface area contributed by atoms with Crippen LogP contribution in [0.15, 0.2) is 59.6 Å². The van der Waals surface area contributed by atoms with Crippen LogP contribution in [0.25, 0.3) is 10.1 Å². The highest BCUT2D eigenvalue weighted by molar-refractivity contribution is 7.21. The highest BCUT2D eigenvalue weighted by atomic mass is 32.1. The van der Waals surface area contributed by atoms with Crippen LogP contribution in [0.4, 0.5) is 5.69 Å². The molecule has 0 saturated carbocycles. The van der Waals surface area contributed by atoms with E-state index >= 15 is 0 Å². The van der Waals surface area contributed by atoms with Gasteiger partial charge >= 0.3 is 0 Å². The third kappa shape index (κ3) is 1.98. The van der Waals surface area contributed by atoms with Gasteiger partial charge in [0.2, 0.25) is 0 Å². The molecule has 92 valence electrons. The summed E-state index contributed by atoms with van der Waals surface area (Å²) in [5.41, 5.74) is 2.22. The summed E-state index contributed by atoms with van der Waals surface area (Å²) in [4.78, 5) is 5.00. The van der Waals surface area contributed by atoms with Crippen molar-refractivity contribution >= 4 is 39.5 Å². The van der Waals surface area contributed by atoms with E-state index in [0.717, 1.165) is 26.2 Å². The van der Waals surface area contributed by atoms with Gasteiger partial charge in [0, 0.05) is 15.6 Å². The maximum Gasteiger partial charge on any atom is 0.0903 e. The van der Waals surface area contributed by atoms with Crippen LogP contribution in [0.3, 0.4) is 0 Å². The highest BCUT2D eigenvalue weighted by Gasteiger charge is 2.15. The normalized spacial score (nSPS) is 10.5. The van der Waals surface area contributed by atoms with E-state index in [9.17, 15) is 0 Å². The summed E-state index contributed by atoms with van der Waals surface area (Å²) >= 11 is 1.59. The quantitative estimate of drug-likeness (QED) is 0.668. The molecule has 0 aliphatic rings. The second kappa shape index (κ2) is 4.78. The first-order valence-electron chi connectivity index (χ1n) is 5.94. The van der Waals surface area contributed by atoms with Gasteiger partial charge in [0.25, 0.3) is 0 Å². The molecule has 0 aliphatic carbocycles. The van der Waals surface area contributed by atoms with E-state index in [4.69, 9.17) is 5.41 Å². The summed E-state index contributed by atoms with van der Waals surface area (Å²) in [6, 6.07) is 17.8. The molecular weight excluding hydrogens is 252 g/mol. The zero-order chi connectivity index (χ0) is 13.2. The molecule has 1 N–H and O–H groups in total. The first-order chi connectivity index (χ1) is 9.31. The lowest BCUT2D eigenvalue weighted by molar-refractivity contribution is 1.48. The van der Waals surface area contributed by atoms with Gasteiger partial charge in [-0.3, -0.25) is 10.4 Å². The summed E-state index contributed by atoms with van der Waals surface area (Å²) < 4.78 is 1.14. The first-order valence-corrected chi connectivity index (χ1v) is 6.75. The Balaban J connectivity index is 2.20. The highest BCUT2D eigenvalue weighted by Crippen LogP contribution is 2.38. The Bertz CT molecular complexity index is 757. The molecule has 3 heteroatoms. The van der Waals surface area contributed by atoms with Crippen molar-refractivity contribution in [1.29, 1.82) is 5.41 Å². The van der Waals surface area contributed by atoms with Gasteiger partial charge in [-0.2, -0.15) is 0 Å². The summed E-state index contributed by atoms with van der Waals surface area (Å²) in [6.07, 6.45) is 0. The predicted octanol–water partition coefficient (Wildman–Crippen LogP) is 4.65. The van der Waals surface area contributed by atoms with Gasteiger partial charge in [-0.1, -0.05) is 48.5 Å². The number of rotatable bonds is 3. The topological polar surface area (TPSA) is 36.2 Å². The van der Waals surface area contributed by atoms with Crippen molar-refractivity contribution in [2.75, 3.05) is 0 Å². The standard InChI is InChI=1S/C16H12N2S/c1-18-15-12-9-5-6-10-13(12)19-16(15)14(17)11-7-3-2-4-8-11/h2-10,17H,1H2. The Hall–Kier alpha value is -2.26. The number of hydrogen-bond acceptors (Lipinski definition) is 3. The van der Waals surface area contributed by atoms with Crippen LogP contribution in [0, 0.1) is 5.41 Å². The van der Waals surface area contributed by atoms with Crippen molar-refractivity contribution in [2.45, 2.75) is 0 Å². The van der Waals surface area contributed by atoms with E-state index in [1.165, 1.54) is 0 Å². The molecule has 3 rings (SSSR count). The second-order valence-corrected chi connectivity index (χ2v) is 5.23. The molecule has 2 aromatic carbocycles. The van der Waals surface area contributed by atoms with E-state index < -0.39 is 0 Å². The average Bonchev–Trinajstić information content (AvgIpc) is 2.85. The van der Waals surface area contributed by atoms with Crippen LogP contribution < -0.4 is 0 Å². The van der Waals surface area contributed by atoms with E-state index in [-0.39, 0.29) is 0 Å². The van der Waals surface area contributed by atoms with E-state index in [1.54, 1.807) is 11.3 Å². The van der Waals surface area contributed by atoms with E-state index in [2.05, 4.69) is 17.8 Å². The second-order valence-electron chi connectivity index (χ2n) is 4.18. The Kier molecular flexibility index (Phi) is 2.97. The molecule has 0 radical (unpaired) electrons. The van der Waals surface area contributed by atoms with Crippen LogP contribution in [0.5, 0.6) is 0 Å². The smallest absolute Gasteiger partial charge is 0.0903 e. The lowest BCUT2D eigenvalue weighted by Crippen LogP contribution is -1.98. The Morgan fingerprint density at radius 2 is 1.68 bits per heavy atom. The van der Waals surface area contributed by atoms with Gasteiger partial charge in [0.15, 0.2) is 0 Å². The molecule has 0 spiro atoms. The fourth-order valence-electron chi connectivity index (χ4n) is 2.09. The van der Waals surface area contributed by atoms with Gasteiger partial charge in [-0.15, -0.1) is 11.3 Å². The Morgan fingerprint density at radius 3 is 2.42 bits per heavy atom. The number of fused-ring (bicyclic) bond motifs is 1. The number of benzene rings is 2. The number of hydrogen-bond donors (Lipinski definition) is 1. The van der Waals surface area contributed by atoms with Crippen LogP contribution >= 0.6 is 11.3 Å². The van der Waals surface area contributed by atoms with Gasteiger partial charge in [-0.25, -0.2) is 0 Å². The van der Waals surface area contributed by atoms with Crippen molar-refractivity contribution in [2.24, 2.45) is 4.99 Å². The molecule has 3 aromatic rings. The Labute approximate surface area is 115 Å². The molecule has 19 heavy (non-hydrogen) atoms. The number of thiophene rings is 1. The van der Waals surface area contributed by atoms with E-state index in [0.29, 0.717) is 5.71 Å². The number of aliphatic imine (C=N–C) groups is 1. The summed E-state index contributed by atoms with van der Waals surface area (Å²) in [7, 11) is 0. The predicted molar refractivity (Wildman–Crippen MR) is 83.4 cm³/mol. The third-order valence-electron chi connectivity index (χ3n) is 3.02. The molecule has 0 saturated heterocycles. The lowest BCUT2D eigenvalue weighted by Gasteiger charge is -2.02. The van der Waals surface area contributed by atoms with Crippen molar-refractivity contribution in [3.05, 3.63) is 65.0 Å². The molecule has 1 aromatic heterocycles. The van der Waals surface area contributed by atoms with E-state index in [1.807, 2.05) is 48.5 Å². The number of nitrogens with one attached hydrogen (secondary N) is 1. The fourth-order valence-corrected chi connectivity index (χ4v) is 3.23. The molecule has 0 amide bonds. The first kappa shape index (κ1) is 11.8. The van der Waals surface area contributed by atoms with Gasteiger partial charge in [-0.05, 0) is 12.8 Å². The molecule has 1 heterocycles. The molecule has 2 nitrogen and oxygen atoms in total. The van der Waals surface area contributed by atoms with Gasteiger partial charge < -0.3 is 0 Å². The van der Waals surface area contributed by atoms with Crippen molar-refractivity contribution < 1.29 is 0 Å². The SMILES string of the molecule is C=Nc1c(C(=N)c2ccccc2)sc2ccccc12. The minimum atomic E-state index is 0.504. The zero-order valence-electron chi connectivity index (χ0n) is 10.3. The van der Waals surface area contributed by atoms with Crippen molar-refractivity contribution in [1.82, 2.24) is 0 Å². The van der Waals surface area contributed by atoms with Crippen LogP contribution in [-0.4, -0.2) is 12.4 Å². The monoisotopic (exact) mass is 264 g/mol. The van der Waals surface area contributed by atoms with Crippen LogP contribution in [0.1, 0.15) is 10.4 Å². The maximum absolute atomic E-state index is 8.37. The summed E-state index contributed by atoms with van der Waals surface area (Å²) in [5, 5.41) is 9.44. The summed E-state index contributed by atoms with van der Waals surface area (Å²) in [5.74, 6) is 0. The Morgan fingerprint density at radius 1 is 1.00 bits per heavy atom. The van der Waals surface area contributed by atoms with Crippen molar-refractivity contribution in [3.8, 4) is 0 Å². The average molecular weight is 264 g/mol. The zero-order valence-corrected chi connectivity index (χ0v) is 11.1. The molecule has 0 fully saturated rings. The third-order valence-corrected chi connectivity index (χ3v) is 4.19. The molecular formula is C16H12N2S. The lowest BCUT2D eigenvalue weighted by atomic mass is 10.1. The van der Waals surface area contributed by atoms with Gasteiger partial charge in [0.05, 0.1) is 16.3 Å². The fraction of sp³-hybridized carbons (Fsp3) is 0. The van der Waals surface area contributed by atoms with Crippen LogP contribution in [0.2, 0.25) is 0 Å². The summed E-state index contributed by atoms with van der Waals surface area (Å²) in [6.45, 7) is 3.65. The minimum Gasteiger partial charge on any atom is -0.299 e. The largest absolute Gasteiger partial charge is 0.299 e. The molecule has 0 atom stereocenters. The number of nitrogens with zero attached hydrogens (tertiary/aromatic N) is 1.